The Kier molecular flexibility index (Phi) is 3.92. The van der Waals surface area contributed by atoms with Crippen LogP contribution in [0, 0.1) is 5.92 Å². The van der Waals surface area contributed by atoms with Crippen LogP contribution in [0.2, 0.25) is 0 Å². The second kappa shape index (κ2) is 5.83. The lowest BCUT2D eigenvalue weighted by atomic mass is 10.0. The Morgan fingerprint density at radius 1 is 1.30 bits per heavy atom. The number of benzene rings is 1. The van der Waals surface area contributed by atoms with Crippen molar-refractivity contribution in [2.24, 2.45) is 10.9 Å². The zero-order chi connectivity index (χ0) is 13.9. The van der Waals surface area contributed by atoms with E-state index in [0.717, 1.165) is 45.1 Å². The summed E-state index contributed by atoms with van der Waals surface area (Å²) in [4.78, 5) is 9.38. The lowest BCUT2D eigenvalue weighted by Crippen LogP contribution is -2.40. The summed E-state index contributed by atoms with van der Waals surface area (Å²) in [6, 6.07) is 10.6. The van der Waals surface area contributed by atoms with E-state index >= 15 is 0 Å². The van der Waals surface area contributed by atoms with Crippen molar-refractivity contribution >= 4 is 5.96 Å². The molecule has 0 aliphatic carbocycles. The number of rotatable bonds is 3. The molecular formula is C16H23N3O. The summed E-state index contributed by atoms with van der Waals surface area (Å²) >= 11 is 0. The molecule has 20 heavy (non-hydrogen) atoms. The van der Waals surface area contributed by atoms with Gasteiger partial charge in [0.05, 0.1) is 12.6 Å². The van der Waals surface area contributed by atoms with E-state index in [0.29, 0.717) is 5.92 Å². The molecule has 0 radical (unpaired) electrons. The molecule has 4 heteroatoms. The first-order valence-corrected chi connectivity index (χ1v) is 7.50. The van der Waals surface area contributed by atoms with Gasteiger partial charge in [-0.05, 0) is 18.9 Å². The molecule has 1 N–H and O–H groups in total. The molecule has 0 spiro atoms. The van der Waals surface area contributed by atoms with Crippen LogP contribution in [-0.4, -0.2) is 53.1 Å². The highest BCUT2D eigenvalue weighted by molar-refractivity contribution is 5.82. The Labute approximate surface area is 120 Å². The van der Waals surface area contributed by atoms with Crippen molar-refractivity contribution < 1.29 is 5.11 Å². The molecule has 1 aromatic rings. The largest absolute Gasteiger partial charge is 0.393 e. The van der Waals surface area contributed by atoms with Crippen molar-refractivity contribution in [1.29, 1.82) is 0 Å². The zero-order valence-corrected chi connectivity index (χ0v) is 12.1. The molecule has 0 amide bonds. The number of guanidine groups is 1. The van der Waals surface area contributed by atoms with Gasteiger partial charge in [-0.3, -0.25) is 4.99 Å². The van der Waals surface area contributed by atoms with Crippen LogP contribution >= 0.6 is 0 Å². The highest BCUT2D eigenvalue weighted by Gasteiger charge is 2.31. The standard InChI is InChI=1S/C16H23N3O/c1-13(20)15-7-9-18(12-15)16-17-8-10-19(16)11-14-5-3-2-4-6-14/h2-6,13,15,20H,7-12H2,1H3. The molecule has 2 unspecified atom stereocenters. The van der Waals surface area contributed by atoms with Crippen molar-refractivity contribution in [2.45, 2.75) is 26.0 Å². The van der Waals surface area contributed by atoms with Gasteiger partial charge in [0.2, 0.25) is 0 Å². The molecule has 1 fully saturated rings. The van der Waals surface area contributed by atoms with Gasteiger partial charge < -0.3 is 14.9 Å². The molecule has 0 bridgehead atoms. The van der Waals surface area contributed by atoms with Crippen LogP contribution in [0.1, 0.15) is 18.9 Å². The summed E-state index contributed by atoms with van der Waals surface area (Å²) in [6.07, 6.45) is 0.847. The van der Waals surface area contributed by atoms with Gasteiger partial charge >= 0.3 is 0 Å². The van der Waals surface area contributed by atoms with Crippen LogP contribution in [0.4, 0.5) is 0 Å². The highest BCUT2D eigenvalue weighted by atomic mass is 16.3. The van der Waals surface area contributed by atoms with Crippen LogP contribution in [-0.2, 0) is 6.54 Å². The molecule has 0 aromatic heterocycles. The Balaban J connectivity index is 1.64. The maximum absolute atomic E-state index is 9.73. The molecule has 4 nitrogen and oxygen atoms in total. The summed E-state index contributed by atoms with van der Waals surface area (Å²) in [5.41, 5.74) is 1.33. The Morgan fingerprint density at radius 2 is 2.10 bits per heavy atom. The fourth-order valence-corrected chi connectivity index (χ4v) is 3.09. The fraction of sp³-hybridized carbons (Fsp3) is 0.562. The lowest BCUT2D eigenvalue weighted by Gasteiger charge is -2.28. The van der Waals surface area contributed by atoms with E-state index in [1.807, 2.05) is 6.92 Å². The molecule has 3 rings (SSSR count). The zero-order valence-electron chi connectivity index (χ0n) is 12.1. The molecule has 108 valence electrons. The third-order valence-corrected chi connectivity index (χ3v) is 4.31. The first-order chi connectivity index (χ1) is 9.74. The van der Waals surface area contributed by atoms with E-state index in [4.69, 9.17) is 0 Å². The highest BCUT2D eigenvalue weighted by Crippen LogP contribution is 2.23. The average Bonchev–Trinajstić information content (AvgIpc) is 3.08. The maximum atomic E-state index is 9.73. The normalized spacial score (nSPS) is 24.1. The lowest BCUT2D eigenvalue weighted by molar-refractivity contribution is 0.131. The Morgan fingerprint density at radius 3 is 2.80 bits per heavy atom. The van der Waals surface area contributed by atoms with Crippen LogP contribution < -0.4 is 0 Å². The van der Waals surface area contributed by atoms with Gasteiger partial charge in [0, 0.05) is 32.1 Å². The molecule has 2 aliphatic heterocycles. The smallest absolute Gasteiger partial charge is 0.197 e. The van der Waals surface area contributed by atoms with E-state index in [-0.39, 0.29) is 6.10 Å². The monoisotopic (exact) mass is 273 g/mol. The quantitative estimate of drug-likeness (QED) is 0.908. The number of hydrogen-bond acceptors (Lipinski definition) is 4. The number of likely N-dealkylation sites (tertiary alicyclic amines) is 1. The van der Waals surface area contributed by atoms with Crippen molar-refractivity contribution in [2.75, 3.05) is 26.2 Å². The van der Waals surface area contributed by atoms with Gasteiger partial charge in [-0.15, -0.1) is 0 Å². The van der Waals surface area contributed by atoms with Crippen LogP contribution in [0.3, 0.4) is 0 Å². The van der Waals surface area contributed by atoms with E-state index in [9.17, 15) is 5.11 Å². The summed E-state index contributed by atoms with van der Waals surface area (Å²) in [5.74, 6) is 1.51. The van der Waals surface area contributed by atoms with E-state index in [1.165, 1.54) is 5.56 Å². The third-order valence-electron chi connectivity index (χ3n) is 4.31. The molecule has 1 saturated heterocycles. The van der Waals surface area contributed by atoms with Gasteiger partial charge in [-0.25, -0.2) is 0 Å². The predicted octanol–water partition coefficient (Wildman–Crippen LogP) is 1.56. The molecular weight excluding hydrogens is 250 g/mol. The van der Waals surface area contributed by atoms with Crippen LogP contribution in [0.15, 0.2) is 35.3 Å². The molecule has 2 heterocycles. The topological polar surface area (TPSA) is 39.1 Å². The average molecular weight is 273 g/mol. The number of hydrogen-bond donors (Lipinski definition) is 1. The number of aliphatic hydroxyl groups is 1. The summed E-state index contributed by atoms with van der Waals surface area (Å²) in [5, 5.41) is 9.73. The minimum Gasteiger partial charge on any atom is -0.393 e. The van der Waals surface area contributed by atoms with Gasteiger partial charge in [0.1, 0.15) is 0 Å². The number of aliphatic imine (C=N–C) groups is 1. The summed E-state index contributed by atoms with van der Waals surface area (Å²) < 4.78 is 0. The van der Waals surface area contributed by atoms with Gasteiger partial charge in [0.15, 0.2) is 5.96 Å². The van der Waals surface area contributed by atoms with Gasteiger partial charge in [0.25, 0.3) is 0 Å². The SMILES string of the molecule is CC(O)C1CCN(C2=NCCN2Cc2ccccc2)C1. The Hall–Kier alpha value is -1.55. The second-order valence-electron chi connectivity index (χ2n) is 5.82. The van der Waals surface area contributed by atoms with Crippen molar-refractivity contribution in [3.8, 4) is 0 Å². The van der Waals surface area contributed by atoms with E-state index in [1.54, 1.807) is 0 Å². The van der Waals surface area contributed by atoms with Gasteiger partial charge in [-0.2, -0.15) is 0 Å². The predicted molar refractivity (Wildman–Crippen MR) is 80.5 cm³/mol. The van der Waals surface area contributed by atoms with Crippen molar-refractivity contribution in [1.82, 2.24) is 9.80 Å². The number of nitrogens with zero attached hydrogens (tertiary/aromatic N) is 3. The molecule has 2 aliphatic rings. The first-order valence-electron chi connectivity index (χ1n) is 7.50. The maximum Gasteiger partial charge on any atom is 0.197 e. The summed E-state index contributed by atoms with van der Waals surface area (Å²) in [6.45, 7) is 6.65. The minimum absolute atomic E-state index is 0.218. The van der Waals surface area contributed by atoms with E-state index < -0.39 is 0 Å². The third kappa shape index (κ3) is 2.80. The van der Waals surface area contributed by atoms with Crippen molar-refractivity contribution in [3.05, 3.63) is 35.9 Å². The summed E-state index contributed by atoms with van der Waals surface area (Å²) in [7, 11) is 0. The molecule has 1 aromatic carbocycles. The van der Waals surface area contributed by atoms with Crippen LogP contribution in [0.25, 0.3) is 0 Å². The van der Waals surface area contributed by atoms with Crippen LogP contribution in [0.5, 0.6) is 0 Å². The first kappa shape index (κ1) is 13.4. The second-order valence-corrected chi connectivity index (χ2v) is 5.82. The molecule has 0 saturated carbocycles. The molecule has 2 atom stereocenters. The Bertz CT molecular complexity index is 472. The van der Waals surface area contributed by atoms with E-state index in [2.05, 4.69) is 45.1 Å². The van der Waals surface area contributed by atoms with Gasteiger partial charge in [-0.1, -0.05) is 30.3 Å². The number of aliphatic hydroxyl groups excluding tert-OH is 1. The fourth-order valence-electron chi connectivity index (χ4n) is 3.09. The van der Waals surface area contributed by atoms with Crippen molar-refractivity contribution in [3.63, 3.8) is 0 Å². The minimum atomic E-state index is -0.218.